The van der Waals surface area contributed by atoms with Crippen LogP contribution < -0.4 is 4.74 Å². The van der Waals surface area contributed by atoms with Gasteiger partial charge in [-0.05, 0) is 26.0 Å². The average Bonchev–Trinajstić information content (AvgIpc) is 2.83. The van der Waals surface area contributed by atoms with E-state index in [2.05, 4.69) is 38.6 Å². The molecular formula is C13H17N3OS. The lowest BCUT2D eigenvalue weighted by Gasteiger charge is -2.22. The summed E-state index contributed by atoms with van der Waals surface area (Å²) in [6.07, 6.45) is 4.02. The summed E-state index contributed by atoms with van der Waals surface area (Å²) in [7, 11) is 2.12. The van der Waals surface area contributed by atoms with E-state index in [0.29, 0.717) is 12.5 Å². The van der Waals surface area contributed by atoms with Gasteiger partial charge in [-0.3, -0.25) is 0 Å². The van der Waals surface area contributed by atoms with Crippen LogP contribution in [-0.2, 0) is 0 Å². The number of aromatic nitrogens is 2. The summed E-state index contributed by atoms with van der Waals surface area (Å²) in [5.74, 6) is 6.48. The molecule has 1 aliphatic rings. The summed E-state index contributed by atoms with van der Waals surface area (Å²) in [5, 5.41) is 0. The molecule has 0 N–H and O–H groups in total. The van der Waals surface area contributed by atoms with E-state index in [4.69, 9.17) is 4.74 Å². The molecule has 0 saturated carbocycles. The molecule has 0 amide bonds. The van der Waals surface area contributed by atoms with Crippen molar-refractivity contribution in [3.63, 3.8) is 0 Å². The molecule has 1 aromatic heterocycles. The van der Waals surface area contributed by atoms with Crippen LogP contribution in [0, 0.1) is 11.8 Å². The first-order chi connectivity index (χ1) is 8.81. The van der Waals surface area contributed by atoms with Crippen LogP contribution in [0.5, 0.6) is 5.88 Å². The highest BCUT2D eigenvalue weighted by atomic mass is 32.1. The number of hydrogen-bond acceptors (Lipinski definition) is 5. The van der Waals surface area contributed by atoms with Crippen molar-refractivity contribution in [2.24, 2.45) is 0 Å². The van der Waals surface area contributed by atoms with E-state index in [1.54, 1.807) is 0 Å². The summed E-state index contributed by atoms with van der Waals surface area (Å²) in [6.45, 7) is 4.42. The number of rotatable bonds is 4. The van der Waals surface area contributed by atoms with Gasteiger partial charge in [0.1, 0.15) is 12.3 Å². The Hall–Kier alpha value is -1.38. The van der Waals surface area contributed by atoms with Gasteiger partial charge in [0, 0.05) is 19.5 Å². The predicted molar refractivity (Wildman–Crippen MR) is 73.6 cm³/mol. The van der Waals surface area contributed by atoms with E-state index in [1.165, 1.54) is 17.3 Å². The maximum Gasteiger partial charge on any atom is 0.253 e. The molecule has 2 rings (SSSR count). The summed E-state index contributed by atoms with van der Waals surface area (Å²) < 4.78 is 14.2. The summed E-state index contributed by atoms with van der Waals surface area (Å²) >= 11 is 1.20. The zero-order valence-corrected chi connectivity index (χ0v) is 11.6. The Bertz CT molecular complexity index is 484. The third kappa shape index (κ3) is 3.31. The first-order valence-corrected chi connectivity index (χ1v) is 6.77. The molecule has 18 heavy (non-hydrogen) atoms. The molecule has 4 nitrogen and oxygen atoms in total. The highest BCUT2D eigenvalue weighted by Crippen LogP contribution is 2.26. The van der Waals surface area contributed by atoms with Crippen LogP contribution in [0.15, 0.2) is 6.08 Å². The molecule has 0 saturated heterocycles. The van der Waals surface area contributed by atoms with Gasteiger partial charge in [-0.25, -0.2) is 0 Å². The van der Waals surface area contributed by atoms with Gasteiger partial charge in [-0.2, -0.15) is 4.37 Å². The second kappa shape index (κ2) is 6.53. The van der Waals surface area contributed by atoms with Crippen LogP contribution >= 0.6 is 11.7 Å². The zero-order valence-electron chi connectivity index (χ0n) is 10.8. The Balaban J connectivity index is 2.02. The maximum absolute atomic E-state index is 5.64. The number of hydrogen-bond donors (Lipinski definition) is 0. The Labute approximate surface area is 112 Å². The third-order valence-corrected chi connectivity index (χ3v) is 3.26. The molecular weight excluding hydrogens is 246 g/mol. The molecule has 0 radical (unpaired) electrons. The van der Waals surface area contributed by atoms with E-state index >= 15 is 0 Å². The smallest absolute Gasteiger partial charge is 0.253 e. The molecule has 0 bridgehead atoms. The van der Waals surface area contributed by atoms with Crippen molar-refractivity contribution in [3.8, 4) is 17.7 Å². The molecule has 0 unspecified atom stereocenters. The van der Waals surface area contributed by atoms with E-state index in [0.717, 1.165) is 31.6 Å². The summed E-state index contributed by atoms with van der Waals surface area (Å²) in [5.41, 5.74) is 2.12. The fourth-order valence-electron chi connectivity index (χ4n) is 1.86. The average molecular weight is 263 g/mol. The van der Waals surface area contributed by atoms with Crippen LogP contribution in [0.2, 0.25) is 0 Å². The Morgan fingerprint density at radius 2 is 2.39 bits per heavy atom. The Kier molecular flexibility index (Phi) is 4.73. The van der Waals surface area contributed by atoms with Crippen molar-refractivity contribution in [2.75, 3.05) is 26.7 Å². The van der Waals surface area contributed by atoms with Gasteiger partial charge in [0.15, 0.2) is 0 Å². The van der Waals surface area contributed by atoms with Gasteiger partial charge in [0.05, 0.1) is 11.7 Å². The number of ether oxygens (including phenoxy) is 1. The highest BCUT2D eigenvalue weighted by Gasteiger charge is 2.18. The van der Waals surface area contributed by atoms with Gasteiger partial charge in [0.25, 0.3) is 5.88 Å². The second-order valence-corrected chi connectivity index (χ2v) is 4.73. The van der Waals surface area contributed by atoms with Gasteiger partial charge in [-0.1, -0.05) is 6.08 Å². The fourth-order valence-corrected chi connectivity index (χ4v) is 2.39. The van der Waals surface area contributed by atoms with Crippen molar-refractivity contribution in [1.82, 2.24) is 13.6 Å². The molecule has 96 valence electrons. The maximum atomic E-state index is 5.64. The van der Waals surface area contributed by atoms with Crippen LogP contribution in [0.25, 0.3) is 5.57 Å². The lowest BCUT2D eigenvalue weighted by atomic mass is 10.1. The van der Waals surface area contributed by atoms with Crippen LogP contribution in [-0.4, -0.2) is 40.4 Å². The molecule has 0 aromatic carbocycles. The number of nitrogens with zero attached hydrogens (tertiary/aromatic N) is 3. The summed E-state index contributed by atoms with van der Waals surface area (Å²) in [6, 6.07) is 0. The van der Waals surface area contributed by atoms with Crippen molar-refractivity contribution in [2.45, 2.75) is 19.8 Å². The minimum absolute atomic E-state index is 0.572. The molecule has 0 aliphatic carbocycles. The fraction of sp³-hybridized carbons (Fsp3) is 0.538. The Morgan fingerprint density at radius 3 is 3.17 bits per heavy atom. The minimum Gasteiger partial charge on any atom is -0.474 e. The largest absolute Gasteiger partial charge is 0.474 e. The molecule has 0 fully saturated rings. The lowest BCUT2D eigenvalue weighted by molar-refractivity contribution is 0.315. The molecule has 2 heterocycles. The van der Waals surface area contributed by atoms with E-state index in [9.17, 15) is 0 Å². The Morgan fingerprint density at radius 1 is 1.50 bits per heavy atom. The normalized spacial score (nSPS) is 15.8. The minimum atomic E-state index is 0.572. The molecule has 0 spiro atoms. The van der Waals surface area contributed by atoms with Gasteiger partial charge in [-0.15, -0.1) is 16.2 Å². The molecule has 1 aromatic rings. The quantitative estimate of drug-likeness (QED) is 0.615. The number of likely N-dealkylation sites (N-methyl/N-ethyl adjacent to an activating group) is 1. The van der Waals surface area contributed by atoms with Crippen molar-refractivity contribution >= 4 is 17.3 Å². The topological polar surface area (TPSA) is 38.3 Å². The van der Waals surface area contributed by atoms with Gasteiger partial charge in [0.2, 0.25) is 0 Å². The monoisotopic (exact) mass is 263 g/mol. The van der Waals surface area contributed by atoms with Crippen molar-refractivity contribution < 1.29 is 4.74 Å². The van der Waals surface area contributed by atoms with E-state index in [-0.39, 0.29) is 0 Å². The molecule has 1 aliphatic heterocycles. The second-order valence-electron chi connectivity index (χ2n) is 4.20. The standard InChI is InChI=1S/C13H17N3OS/c1-3-4-5-9-17-13-12(14-18-15-13)11-7-6-8-16(2)10-11/h7H,5-6,8-10H2,1-2H3. The lowest BCUT2D eigenvalue weighted by Crippen LogP contribution is -2.25. The van der Waals surface area contributed by atoms with Gasteiger partial charge < -0.3 is 9.64 Å². The summed E-state index contributed by atoms with van der Waals surface area (Å²) in [4.78, 5) is 2.28. The van der Waals surface area contributed by atoms with Crippen molar-refractivity contribution in [3.05, 3.63) is 11.8 Å². The zero-order chi connectivity index (χ0) is 12.8. The molecule has 5 heteroatoms. The predicted octanol–water partition coefficient (Wildman–Crippen LogP) is 2.05. The van der Waals surface area contributed by atoms with Crippen LogP contribution in [0.4, 0.5) is 0 Å². The van der Waals surface area contributed by atoms with Crippen molar-refractivity contribution in [1.29, 1.82) is 0 Å². The third-order valence-electron chi connectivity index (χ3n) is 2.75. The van der Waals surface area contributed by atoms with Crippen LogP contribution in [0.1, 0.15) is 25.5 Å². The highest BCUT2D eigenvalue weighted by molar-refractivity contribution is 6.99. The first-order valence-electron chi connectivity index (χ1n) is 6.04. The SMILES string of the molecule is CC#CCCOc1nsnc1C1=CCCN(C)C1. The van der Waals surface area contributed by atoms with E-state index in [1.807, 2.05) is 6.92 Å². The molecule has 0 atom stereocenters. The van der Waals surface area contributed by atoms with E-state index < -0.39 is 0 Å². The first kappa shape index (κ1) is 13.1. The van der Waals surface area contributed by atoms with Gasteiger partial charge >= 0.3 is 0 Å². The van der Waals surface area contributed by atoms with Crippen LogP contribution in [0.3, 0.4) is 0 Å².